The molecule has 1 rings (SSSR count). The minimum absolute atomic E-state index is 0.492. The maximum atomic E-state index is 4.83. The molecule has 0 spiro atoms. The highest BCUT2D eigenvalue weighted by Gasteiger charge is 2.15. The van der Waals surface area contributed by atoms with Crippen molar-refractivity contribution in [2.24, 2.45) is 5.92 Å². The van der Waals surface area contributed by atoms with E-state index in [-0.39, 0.29) is 0 Å². The SMILES string of the molecule is CCCc1cc(CNCC)cc(N(C)C(C)C(C)C)n1. The molecule has 0 saturated carbocycles. The monoisotopic (exact) mass is 277 g/mol. The van der Waals surface area contributed by atoms with Gasteiger partial charge >= 0.3 is 0 Å². The third-order valence-corrected chi connectivity index (χ3v) is 3.95. The van der Waals surface area contributed by atoms with Crippen LogP contribution in [0.3, 0.4) is 0 Å². The van der Waals surface area contributed by atoms with E-state index in [2.05, 4.69) is 64.0 Å². The van der Waals surface area contributed by atoms with Crippen molar-refractivity contribution in [2.75, 3.05) is 18.5 Å². The maximum absolute atomic E-state index is 4.83. The van der Waals surface area contributed by atoms with E-state index >= 15 is 0 Å². The van der Waals surface area contributed by atoms with Crippen molar-refractivity contribution in [3.05, 3.63) is 23.4 Å². The lowest BCUT2D eigenvalue weighted by atomic mass is 10.0. The van der Waals surface area contributed by atoms with Gasteiger partial charge in [0.2, 0.25) is 0 Å². The molecule has 1 aromatic heterocycles. The molecular weight excluding hydrogens is 246 g/mol. The average molecular weight is 277 g/mol. The molecule has 3 heteroatoms. The molecular formula is C17H31N3. The number of aromatic nitrogens is 1. The van der Waals surface area contributed by atoms with Crippen LogP contribution in [0.2, 0.25) is 0 Å². The van der Waals surface area contributed by atoms with Gasteiger partial charge in [-0.05, 0) is 43.5 Å². The molecule has 3 nitrogen and oxygen atoms in total. The summed E-state index contributed by atoms with van der Waals surface area (Å²) >= 11 is 0. The van der Waals surface area contributed by atoms with E-state index in [0.717, 1.165) is 31.7 Å². The Morgan fingerprint density at radius 1 is 1.20 bits per heavy atom. The fourth-order valence-electron chi connectivity index (χ4n) is 2.23. The van der Waals surface area contributed by atoms with Crippen LogP contribution in [-0.4, -0.2) is 24.6 Å². The van der Waals surface area contributed by atoms with Gasteiger partial charge in [-0.15, -0.1) is 0 Å². The zero-order valence-corrected chi connectivity index (χ0v) is 14.0. The van der Waals surface area contributed by atoms with Crippen molar-refractivity contribution in [3.8, 4) is 0 Å². The van der Waals surface area contributed by atoms with Crippen LogP contribution in [0.1, 0.15) is 52.3 Å². The summed E-state index contributed by atoms with van der Waals surface area (Å²) in [6, 6.07) is 4.95. The molecule has 114 valence electrons. The first kappa shape index (κ1) is 17.0. The Kier molecular flexibility index (Phi) is 7.00. The second kappa shape index (κ2) is 8.25. The van der Waals surface area contributed by atoms with Crippen LogP contribution in [0, 0.1) is 5.92 Å². The number of anilines is 1. The van der Waals surface area contributed by atoms with Crippen molar-refractivity contribution in [1.29, 1.82) is 0 Å². The lowest BCUT2D eigenvalue weighted by Crippen LogP contribution is -2.34. The Labute approximate surface area is 124 Å². The highest BCUT2D eigenvalue weighted by atomic mass is 15.2. The van der Waals surface area contributed by atoms with E-state index in [1.54, 1.807) is 0 Å². The minimum Gasteiger partial charge on any atom is -0.357 e. The summed E-state index contributed by atoms with van der Waals surface area (Å²) in [5, 5.41) is 3.41. The zero-order valence-electron chi connectivity index (χ0n) is 14.0. The van der Waals surface area contributed by atoms with Gasteiger partial charge in [0.1, 0.15) is 5.82 Å². The van der Waals surface area contributed by atoms with E-state index in [9.17, 15) is 0 Å². The third kappa shape index (κ3) is 4.78. The van der Waals surface area contributed by atoms with Crippen LogP contribution >= 0.6 is 0 Å². The van der Waals surface area contributed by atoms with Crippen LogP contribution < -0.4 is 10.2 Å². The van der Waals surface area contributed by atoms with E-state index in [1.165, 1.54) is 11.3 Å². The average Bonchev–Trinajstić information content (AvgIpc) is 2.43. The molecule has 0 aliphatic carbocycles. The molecule has 20 heavy (non-hydrogen) atoms. The zero-order chi connectivity index (χ0) is 15.1. The molecule has 1 atom stereocenters. The van der Waals surface area contributed by atoms with Crippen LogP contribution in [0.25, 0.3) is 0 Å². The van der Waals surface area contributed by atoms with Crippen LogP contribution in [0.15, 0.2) is 12.1 Å². The number of aryl methyl sites for hydroxylation is 1. The highest BCUT2D eigenvalue weighted by Crippen LogP contribution is 2.20. The molecule has 0 saturated heterocycles. The number of pyridine rings is 1. The molecule has 0 aromatic carbocycles. The smallest absolute Gasteiger partial charge is 0.129 e. The number of rotatable bonds is 8. The molecule has 0 bridgehead atoms. The van der Waals surface area contributed by atoms with Crippen molar-refractivity contribution >= 4 is 5.82 Å². The lowest BCUT2D eigenvalue weighted by Gasteiger charge is -2.29. The molecule has 0 amide bonds. The highest BCUT2D eigenvalue weighted by molar-refractivity contribution is 5.43. The van der Waals surface area contributed by atoms with Gasteiger partial charge in [-0.25, -0.2) is 4.98 Å². The summed E-state index contributed by atoms with van der Waals surface area (Å²) < 4.78 is 0. The topological polar surface area (TPSA) is 28.2 Å². The fraction of sp³-hybridized carbons (Fsp3) is 0.706. The van der Waals surface area contributed by atoms with Crippen molar-refractivity contribution in [3.63, 3.8) is 0 Å². The molecule has 0 aliphatic heterocycles. The molecule has 1 N–H and O–H groups in total. The first-order valence-electron chi connectivity index (χ1n) is 7.92. The van der Waals surface area contributed by atoms with E-state index in [4.69, 9.17) is 4.98 Å². The van der Waals surface area contributed by atoms with E-state index in [1.807, 2.05) is 0 Å². The second-order valence-corrected chi connectivity index (χ2v) is 5.95. The predicted molar refractivity (Wildman–Crippen MR) is 88.3 cm³/mol. The van der Waals surface area contributed by atoms with Gasteiger partial charge in [-0.1, -0.05) is 34.1 Å². The third-order valence-electron chi connectivity index (χ3n) is 3.95. The Hall–Kier alpha value is -1.09. The first-order valence-corrected chi connectivity index (χ1v) is 7.92. The molecule has 0 radical (unpaired) electrons. The Morgan fingerprint density at radius 3 is 2.45 bits per heavy atom. The summed E-state index contributed by atoms with van der Waals surface area (Å²) in [6.45, 7) is 13.1. The quantitative estimate of drug-likeness (QED) is 0.786. The largest absolute Gasteiger partial charge is 0.357 e. The molecule has 1 unspecified atom stereocenters. The normalized spacial score (nSPS) is 12.8. The predicted octanol–water partition coefficient (Wildman–Crippen LogP) is 3.62. The number of hydrogen-bond donors (Lipinski definition) is 1. The summed E-state index contributed by atoms with van der Waals surface area (Å²) in [5.41, 5.74) is 2.55. The van der Waals surface area contributed by atoms with Gasteiger partial charge in [0.15, 0.2) is 0 Å². The van der Waals surface area contributed by atoms with Gasteiger partial charge in [0.05, 0.1) is 0 Å². The molecule has 1 aromatic rings. The Bertz CT molecular complexity index is 401. The second-order valence-electron chi connectivity index (χ2n) is 5.95. The summed E-state index contributed by atoms with van der Waals surface area (Å²) in [7, 11) is 2.15. The first-order chi connectivity index (χ1) is 9.49. The summed E-state index contributed by atoms with van der Waals surface area (Å²) in [4.78, 5) is 7.14. The van der Waals surface area contributed by atoms with Gasteiger partial charge < -0.3 is 10.2 Å². The minimum atomic E-state index is 0.492. The van der Waals surface area contributed by atoms with Crippen molar-refractivity contribution < 1.29 is 0 Å². The summed E-state index contributed by atoms with van der Waals surface area (Å²) in [5.74, 6) is 1.72. The standard InChI is InChI=1S/C17H31N3/c1-7-9-16-10-15(12-18-8-2)11-17(19-16)20(6)14(5)13(3)4/h10-11,13-14,18H,7-9,12H2,1-6H3. The van der Waals surface area contributed by atoms with Crippen LogP contribution in [0.5, 0.6) is 0 Å². The Balaban J connectivity index is 3.00. The van der Waals surface area contributed by atoms with Gasteiger partial charge in [0, 0.05) is 25.3 Å². The molecule has 0 aliphatic rings. The summed E-state index contributed by atoms with van der Waals surface area (Å²) in [6.07, 6.45) is 2.19. The van der Waals surface area contributed by atoms with E-state index in [0.29, 0.717) is 12.0 Å². The number of nitrogens with one attached hydrogen (secondary N) is 1. The van der Waals surface area contributed by atoms with Crippen LogP contribution in [0.4, 0.5) is 5.82 Å². The van der Waals surface area contributed by atoms with Crippen LogP contribution in [-0.2, 0) is 13.0 Å². The maximum Gasteiger partial charge on any atom is 0.129 e. The van der Waals surface area contributed by atoms with Crippen molar-refractivity contribution in [1.82, 2.24) is 10.3 Å². The lowest BCUT2D eigenvalue weighted by molar-refractivity contribution is 0.502. The van der Waals surface area contributed by atoms with Gasteiger partial charge in [0.25, 0.3) is 0 Å². The van der Waals surface area contributed by atoms with E-state index < -0.39 is 0 Å². The van der Waals surface area contributed by atoms with Gasteiger partial charge in [-0.3, -0.25) is 0 Å². The molecule has 0 fully saturated rings. The van der Waals surface area contributed by atoms with Gasteiger partial charge in [-0.2, -0.15) is 0 Å². The Morgan fingerprint density at radius 2 is 1.90 bits per heavy atom. The number of nitrogens with zero attached hydrogens (tertiary/aromatic N) is 2. The number of hydrogen-bond acceptors (Lipinski definition) is 3. The fourth-order valence-corrected chi connectivity index (χ4v) is 2.23. The van der Waals surface area contributed by atoms with Crippen molar-refractivity contribution in [2.45, 2.75) is 60.0 Å². The molecule has 1 heterocycles.